The lowest BCUT2D eigenvalue weighted by molar-refractivity contribution is -0.317. The highest BCUT2D eigenvalue weighted by atomic mass is 16.7. The Balaban J connectivity index is 1.91. The lowest BCUT2D eigenvalue weighted by Crippen LogP contribution is -2.63. The molecule has 2 saturated carbocycles. The Hall–Kier alpha value is -0.410. The Morgan fingerprint density at radius 2 is 1.79 bits per heavy atom. The van der Waals surface area contributed by atoms with Crippen LogP contribution in [-0.2, 0) is 14.3 Å². The van der Waals surface area contributed by atoms with E-state index in [4.69, 9.17) is 9.47 Å². The smallest absolute Gasteiger partial charge is 0.175 e. The Morgan fingerprint density at radius 1 is 1.14 bits per heavy atom. The van der Waals surface area contributed by atoms with Crippen molar-refractivity contribution in [2.24, 2.45) is 11.3 Å². The monoisotopic (exact) mass is 196 g/mol. The van der Waals surface area contributed by atoms with Crippen molar-refractivity contribution < 1.29 is 14.3 Å². The highest BCUT2D eigenvalue weighted by molar-refractivity contribution is 5.59. The van der Waals surface area contributed by atoms with Crippen LogP contribution in [0.3, 0.4) is 0 Å². The molecule has 1 atom stereocenters. The van der Waals surface area contributed by atoms with E-state index in [1.165, 1.54) is 12.8 Å². The van der Waals surface area contributed by atoms with Gasteiger partial charge in [-0.15, -0.1) is 0 Å². The molecule has 1 unspecified atom stereocenters. The van der Waals surface area contributed by atoms with E-state index in [1.807, 2.05) is 0 Å². The highest BCUT2D eigenvalue weighted by Crippen LogP contribution is 2.65. The number of carbonyl (C=O) groups excluding carboxylic acids is 1. The Morgan fingerprint density at radius 3 is 2.36 bits per heavy atom. The molecular formula is C11H16O3. The summed E-state index contributed by atoms with van der Waals surface area (Å²) in [5.41, 5.74) is 0.0469. The van der Waals surface area contributed by atoms with Crippen molar-refractivity contribution in [3.05, 3.63) is 0 Å². The number of hydrogen-bond acceptors (Lipinski definition) is 3. The van der Waals surface area contributed by atoms with Gasteiger partial charge < -0.3 is 14.3 Å². The molecule has 0 bridgehead atoms. The minimum absolute atomic E-state index is 0.0469. The quantitative estimate of drug-likeness (QED) is 0.596. The van der Waals surface area contributed by atoms with Crippen LogP contribution in [0.5, 0.6) is 0 Å². The van der Waals surface area contributed by atoms with E-state index in [0.29, 0.717) is 13.2 Å². The van der Waals surface area contributed by atoms with Crippen LogP contribution in [-0.4, -0.2) is 25.3 Å². The van der Waals surface area contributed by atoms with E-state index < -0.39 is 0 Å². The summed E-state index contributed by atoms with van der Waals surface area (Å²) in [6.07, 6.45) is 6.56. The molecule has 1 saturated heterocycles. The molecule has 3 rings (SSSR count). The van der Waals surface area contributed by atoms with Gasteiger partial charge in [-0.1, -0.05) is 12.8 Å². The second-order valence-corrected chi connectivity index (χ2v) is 4.76. The van der Waals surface area contributed by atoms with Gasteiger partial charge in [-0.3, -0.25) is 0 Å². The van der Waals surface area contributed by atoms with Crippen LogP contribution >= 0.6 is 0 Å². The molecule has 0 N–H and O–H groups in total. The zero-order chi connectivity index (χ0) is 9.65. The molecule has 2 spiro atoms. The molecule has 78 valence electrons. The van der Waals surface area contributed by atoms with E-state index in [-0.39, 0.29) is 17.1 Å². The SMILES string of the molecule is O=CC1CC2(OCCO2)C12CCCC2. The molecule has 3 aliphatic rings. The molecule has 1 heterocycles. The zero-order valence-electron chi connectivity index (χ0n) is 8.33. The van der Waals surface area contributed by atoms with E-state index in [9.17, 15) is 4.79 Å². The molecule has 1 aliphatic heterocycles. The van der Waals surface area contributed by atoms with Gasteiger partial charge in [0.05, 0.1) is 13.2 Å². The number of carbonyl (C=O) groups is 1. The van der Waals surface area contributed by atoms with E-state index in [1.54, 1.807) is 0 Å². The summed E-state index contributed by atoms with van der Waals surface area (Å²) >= 11 is 0. The molecule has 0 aromatic rings. The predicted molar refractivity (Wildman–Crippen MR) is 49.7 cm³/mol. The van der Waals surface area contributed by atoms with Crippen LogP contribution in [0, 0.1) is 11.3 Å². The van der Waals surface area contributed by atoms with Crippen molar-refractivity contribution in [3.63, 3.8) is 0 Å². The number of aldehydes is 1. The third-order valence-corrected chi connectivity index (χ3v) is 4.37. The molecule has 2 aliphatic carbocycles. The maximum atomic E-state index is 11.0. The third kappa shape index (κ3) is 0.829. The van der Waals surface area contributed by atoms with Gasteiger partial charge in [0.15, 0.2) is 5.79 Å². The molecule has 0 amide bonds. The molecule has 0 radical (unpaired) electrons. The van der Waals surface area contributed by atoms with Crippen LogP contribution in [0.25, 0.3) is 0 Å². The normalized spacial score (nSPS) is 37.6. The molecule has 0 aromatic carbocycles. The minimum atomic E-state index is -0.366. The predicted octanol–water partition coefficient (Wildman–Crippen LogP) is 1.51. The molecular weight excluding hydrogens is 180 g/mol. The lowest BCUT2D eigenvalue weighted by Gasteiger charge is -2.57. The Kier molecular flexibility index (Phi) is 1.77. The van der Waals surface area contributed by atoms with Gasteiger partial charge in [-0.05, 0) is 12.8 Å². The maximum absolute atomic E-state index is 11.0. The van der Waals surface area contributed by atoms with E-state index >= 15 is 0 Å². The number of fused-ring (bicyclic) bond motifs is 1. The number of ether oxygens (including phenoxy) is 2. The van der Waals surface area contributed by atoms with Crippen LogP contribution in [0.4, 0.5) is 0 Å². The largest absolute Gasteiger partial charge is 0.347 e. The average Bonchev–Trinajstić information content (AvgIpc) is 2.85. The van der Waals surface area contributed by atoms with Crippen molar-refractivity contribution >= 4 is 6.29 Å². The number of rotatable bonds is 1. The van der Waals surface area contributed by atoms with Gasteiger partial charge in [0.2, 0.25) is 0 Å². The van der Waals surface area contributed by atoms with Gasteiger partial charge in [-0.2, -0.15) is 0 Å². The first-order valence-corrected chi connectivity index (χ1v) is 5.56. The van der Waals surface area contributed by atoms with Gasteiger partial charge in [0, 0.05) is 17.8 Å². The average molecular weight is 196 g/mol. The van der Waals surface area contributed by atoms with Gasteiger partial charge in [-0.25, -0.2) is 0 Å². The summed E-state index contributed by atoms with van der Waals surface area (Å²) in [4.78, 5) is 11.0. The number of hydrogen-bond donors (Lipinski definition) is 0. The highest BCUT2D eigenvalue weighted by Gasteiger charge is 2.69. The van der Waals surface area contributed by atoms with Gasteiger partial charge in [0.25, 0.3) is 0 Å². The second-order valence-electron chi connectivity index (χ2n) is 4.76. The summed E-state index contributed by atoms with van der Waals surface area (Å²) in [6.45, 7) is 1.40. The van der Waals surface area contributed by atoms with E-state index in [2.05, 4.69) is 0 Å². The van der Waals surface area contributed by atoms with Gasteiger partial charge >= 0.3 is 0 Å². The van der Waals surface area contributed by atoms with E-state index in [0.717, 1.165) is 25.5 Å². The first-order valence-electron chi connectivity index (χ1n) is 5.56. The van der Waals surface area contributed by atoms with Crippen LogP contribution in [0.15, 0.2) is 0 Å². The maximum Gasteiger partial charge on any atom is 0.175 e. The Bertz CT molecular complexity index is 249. The fourth-order valence-corrected chi connectivity index (χ4v) is 3.64. The standard InChI is InChI=1S/C11H16O3/c12-8-9-7-11(13-5-6-14-11)10(9)3-1-2-4-10/h8-9H,1-7H2. The van der Waals surface area contributed by atoms with Crippen molar-refractivity contribution in [1.29, 1.82) is 0 Å². The summed E-state index contributed by atoms with van der Waals surface area (Å²) in [6, 6.07) is 0. The first kappa shape index (κ1) is 8.86. The lowest BCUT2D eigenvalue weighted by atomic mass is 9.54. The fourth-order valence-electron chi connectivity index (χ4n) is 3.64. The summed E-state index contributed by atoms with van der Waals surface area (Å²) in [7, 11) is 0. The van der Waals surface area contributed by atoms with Crippen LogP contribution in [0.2, 0.25) is 0 Å². The van der Waals surface area contributed by atoms with Crippen molar-refractivity contribution in [3.8, 4) is 0 Å². The van der Waals surface area contributed by atoms with Crippen LogP contribution in [0.1, 0.15) is 32.1 Å². The van der Waals surface area contributed by atoms with Gasteiger partial charge in [0.1, 0.15) is 6.29 Å². The molecule has 14 heavy (non-hydrogen) atoms. The minimum Gasteiger partial charge on any atom is -0.347 e. The molecule has 3 heteroatoms. The second kappa shape index (κ2) is 2.80. The van der Waals surface area contributed by atoms with Crippen LogP contribution < -0.4 is 0 Å². The molecule has 0 aromatic heterocycles. The summed E-state index contributed by atoms with van der Waals surface area (Å²) in [5, 5.41) is 0. The molecule has 3 nitrogen and oxygen atoms in total. The zero-order valence-corrected chi connectivity index (χ0v) is 8.33. The van der Waals surface area contributed by atoms with Crippen molar-refractivity contribution in [2.45, 2.75) is 37.9 Å². The summed E-state index contributed by atoms with van der Waals surface area (Å²) < 4.78 is 11.5. The fraction of sp³-hybridized carbons (Fsp3) is 0.909. The summed E-state index contributed by atoms with van der Waals surface area (Å²) in [5.74, 6) is -0.183. The van der Waals surface area contributed by atoms with Crippen molar-refractivity contribution in [1.82, 2.24) is 0 Å². The van der Waals surface area contributed by atoms with Crippen molar-refractivity contribution in [2.75, 3.05) is 13.2 Å². The first-order chi connectivity index (χ1) is 6.83. The third-order valence-electron chi connectivity index (χ3n) is 4.37. The Labute approximate surface area is 83.8 Å². The molecule has 3 fully saturated rings. The topological polar surface area (TPSA) is 35.5 Å².